The Kier molecular flexibility index (Phi) is 3.48. The molecule has 1 aromatic carbocycles. The number of amides is 1. The maximum Gasteiger partial charge on any atom is 0.234 e. The van der Waals surface area contributed by atoms with E-state index in [4.69, 9.17) is 0 Å². The third-order valence-corrected chi connectivity index (χ3v) is 3.45. The van der Waals surface area contributed by atoms with Crippen molar-refractivity contribution < 1.29 is 4.79 Å². The highest BCUT2D eigenvalue weighted by Crippen LogP contribution is 2.47. The molecule has 0 aliphatic heterocycles. The van der Waals surface area contributed by atoms with E-state index in [9.17, 15) is 4.79 Å². The van der Waals surface area contributed by atoms with Crippen LogP contribution in [0.3, 0.4) is 0 Å². The van der Waals surface area contributed by atoms with Crippen molar-refractivity contribution in [1.29, 1.82) is 0 Å². The summed E-state index contributed by atoms with van der Waals surface area (Å²) in [5, 5.41) is 3.13. The van der Waals surface area contributed by atoms with Gasteiger partial charge in [-0.05, 0) is 38.9 Å². The molecule has 1 N–H and O–H groups in total. The van der Waals surface area contributed by atoms with E-state index < -0.39 is 0 Å². The van der Waals surface area contributed by atoms with Crippen LogP contribution in [0.25, 0.3) is 0 Å². The zero-order chi connectivity index (χ0) is 12.3. The maximum atomic E-state index is 12.5. The van der Waals surface area contributed by atoms with Crippen LogP contribution >= 0.6 is 0 Å². The molecule has 0 unspecified atom stereocenters. The van der Waals surface area contributed by atoms with E-state index in [2.05, 4.69) is 5.32 Å². The quantitative estimate of drug-likeness (QED) is 0.842. The largest absolute Gasteiger partial charge is 0.319 e. The van der Waals surface area contributed by atoms with Crippen LogP contribution in [0.15, 0.2) is 30.3 Å². The fourth-order valence-electron chi connectivity index (χ4n) is 2.29. The van der Waals surface area contributed by atoms with Gasteiger partial charge in [-0.15, -0.1) is 0 Å². The number of nitrogens with zero attached hydrogens (tertiary/aromatic N) is 1. The molecular weight excluding hydrogens is 212 g/mol. The molecule has 1 aliphatic carbocycles. The number of hydrogen-bond donors (Lipinski definition) is 1. The van der Waals surface area contributed by atoms with Gasteiger partial charge in [0.15, 0.2) is 0 Å². The van der Waals surface area contributed by atoms with Crippen LogP contribution in [-0.2, 0) is 4.79 Å². The second-order valence-electron chi connectivity index (χ2n) is 4.70. The molecule has 0 heterocycles. The molecule has 0 saturated heterocycles. The maximum absolute atomic E-state index is 12.5. The number of hydrogen-bond acceptors (Lipinski definition) is 2. The molecule has 0 aromatic heterocycles. The predicted molar refractivity (Wildman–Crippen MR) is 70.1 cm³/mol. The average Bonchev–Trinajstić information content (AvgIpc) is 3.13. The average molecular weight is 232 g/mol. The molecule has 0 bridgehead atoms. The number of benzene rings is 1. The number of rotatable bonds is 5. The Morgan fingerprint density at radius 2 is 2.00 bits per heavy atom. The molecule has 0 radical (unpaired) electrons. The Morgan fingerprint density at radius 3 is 2.47 bits per heavy atom. The molecule has 1 fully saturated rings. The van der Waals surface area contributed by atoms with E-state index in [1.54, 1.807) is 0 Å². The number of carbonyl (C=O) groups is 1. The van der Waals surface area contributed by atoms with E-state index in [0.29, 0.717) is 0 Å². The lowest BCUT2D eigenvalue weighted by Gasteiger charge is -2.26. The number of carbonyl (C=O) groups excluding carboxylic acids is 1. The third-order valence-electron chi connectivity index (χ3n) is 3.45. The molecule has 1 aliphatic rings. The fraction of sp³-hybridized carbons (Fsp3) is 0.500. The van der Waals surface area contributed by atoms with E-state index in [1.807, 2.05) is 49.2 Å². The lowest BCUT2D eigenvalue weighted by molar-refractivity contribution is -0.123. The number of nitrogens with one attached hydrogen (secondary N) is 1. The van der Waals surface area contributed by atoms with E-state index in [-0.39, 0.29) is 11.3 Å². The Bertz CT molecular complexity index is 384. The van der Waals surface area contributed by atoms with Crippen LogP contribution in [0, 0.1) is 5.41 Å². The molecule has 3 nitrogen and oxygen atoms in total. The van der Waals surface area contributed by atoms with Gasteiger partial charge in [-0.1, -0.05) is 18.2 Å². The molecule has 0 spiro atoms. The van der Waals surface area contributed by atoms with Crippen molar-refractivity contribution in [3.8, 4) is 0 Å². The monoisotopic (exact) mass is 232 g/mol. The Balaban J connectivity index is 2.17. The molecular formula is C14H20N2O. The van der Waals surface area contributed by atoms with Crippen molar-refractivity contribution in [3.05, 3.63) is 30.3 Å². The standard InChI is InChI=1S/C14H20N2O/c1-3-16(12-7-5-4-6-8-12)13(17)14(9-10-14)11-15-2/h4-8,15H,3,9-11H2,1-2H3. The van der Waals surface area contributed by atoms with Crippen molar-refractivity contribution >= 4 is 11.6 Å². The molecule has 3 heteroatoms. The Labute approximate surface area is 103 Å². The van der Waals surface area contributed by atoms with Gasteiger partial charge >= 0.3 is 0 Å². The van der Waals surface area contributed by atoms with Crippen LogP contribution < -0.4 is 10.2 Å². The first-order chi connectivity index (χ1) is 8.23. The summed E-state index contributed by atoms with van der Waals surface area (Å²) in [5.74, 6) is 0.264. The minimum atomic E-state index is -0.138. The summed E-state index contributed by atoms with van der Waals surface area (Å²) in [6, 6.07) is 9.92. The van der Waals surface area contributed by atoms with Crippen LogP contribution in [-0.4, -0.2) is 26.0 Å². The van der Waals surface area contributed by atoms with Gasteiger partial charge < -0.3 is 10.2 Å². The number of para-hydroxylation sites is 1. The van der Waals surface area contributed by atoms with Gasteiger partial charge in [0.1, 0.15) is 0 Å². The fourth-order valence-corrected chi connectivity index (χ4v) is 2.29. The highest BCUT2D eigenvalue weighted by molar-refractivity contribution is 5.99. The normalized spacial score (nSPS) is 16.6. The summed E-state index contributed by atoms with van der Waals surface area (Å²) in [5.41, 5.74) is 0.864. The minimum absolute atomic E-state index is 0.138. The first-order valence-corrected chi connectivity index (χ1v) is 6.25. The molecule has 92 valence electrons. The van der Waals surface area contributed by atoms with Crippen molar-refractivity contribution in [2.24, 2.45) is 5.41 Å². The SMILES string of the molecule is CCN(C(=O)C1(CNC)CC1)c1ccccc1. The molecule has 1 amide bonds. The van der Waals surface area contributed by atoms with Crippen molar-refractivity contribution in [1.82, 2.24) is 5.32 Å². The Morgan fingerprint density at radius 1 is 1.35 bits per heavy atom. The van der Waals surface area contributed by atoms with Crippen LogP contribution in [0.5, 0.6) is 0 Å². The lowest BCUT2D eigenvalue weighted by atomic mass is 10.0. The minimum Gasteiger partial charge on any atom is -0.319 e. The molecule has 17 heavy (non-hydrogen) atoms. The van der Waals surface area contributed by atoms with Gasteiger partial charge in [0.25, 0.3) is 0 Å². The molecule has 1 aromatic rings. The first kappa shape index (κ1) is 12.1. The summed E-state index contributed by atoms with van der Waals surface area (Å²) in [4.78, 5) is 14.4. The second kappa shape index (κ2) is 4.88. The van der Waals surface area contributed by atoms with Crippen LogP contribution in [0.1, 0.15) is 19.8 Å². The zero-order valence-corrected chi connectivity index (χ0v) is 10.6. The van der Waals surface area contributed by atoms with Gasteiger partial charge in [0, 0.05) is 18.8 Å². The summed E-state index contributed by atoms with van der Waals surface area (Å²) in [6.07, 6.45) is 2.02. The van der Waals surface area contributed by atoms with Crippen LogP contribution in [0.4, 0.5) is 5.69 Å². The molecule has 2 rings (SSSR count). The number of anilines is 1. The zero-order valence-electron chi connectivity index (χ0n) is 10.6. The highest BCUT2D eigenvalue weighted by Gasteiger charge is 2.51. The molecule has 0 atom stereocenters. The topological polar surface area (TPSA) is 32.3 Å². The van der Waals surface area contributed by atoms with Gasteiger partial charge in [-0.2, -0.15) is 0 Å². The van der Waals surface area contributed by atoms with Gasteiger partial charge in [-0.3, -0.25) is 4.79 Å². The van der Waals surface area contributed by atoms with Crippen molar-refractivity contribution in [2.45, 2.75) is 19.8 Å². The van der Waals surface area contributed by atoms with Gasteiger partial charge in [0.05, 0.1) is 5.41 Å². The van der Waals surface area contributed by atoms with E-state index in [1.165, 1.54) is 0 Å². The predicted octanol–water partition coefficient (Wildman–Crippen LogP) is 2.04. The van der Waals surface area contributed by atoms with Gasteiger partial charge in [-0.25, -0.2) is 0 Å². The second-order valence-corrected chi connectivity index (χ2v) is 4.70. The molecule has 1 saturated carbocycles. The van der Waals surface area contributed by atoms with Crippen LogP contribution in [0.2, 0.25) is 0 Å². The summed E-state index contributed by atoms with van der Waals surface area (Å²) < 4.78 is 0. The smallest absolute Gasteiger partial charge is 0.234 e. The van der Waals surface area contributed by atoms with Crippen molar-refractivity contribution in [3.63, 3.8) is 0 Å². The third kappa shape index (κ3) is 2.34. The Hall–Kier alpha value is -1.35. The summed E-state index contributed by atoms with van der Waals surface area (Å²) >= 11 is 0. The van der Waals surface area contributed by atoms with E-state index in [0.717, 1.165) is 31.6 Å². The van der Waals surface area contributed by atoms with Gasteiger partial charge in [0.2, 0.25) is 5.91 Å². The summed E-state index contributed by atoms with van der Waals surface area (Å²) in [6.45, 7) is 3.55. The highest BCUT2D eigenvalue weighted by atomic mass is 16.2. The lowest BCUT2D eigenvalue weighted by Crippen LogP contribution is -2.41. The van der Waals surface area contributed by atoms with E-state index >= 15 is 0 Å². The van der Waals surface area contributed by atoms with Crippen molar-refractivity contribution in [2.75, 3.05) is 25.0 Å². The first-order valence-electron chi connectivity index (χ1n) is 6.25. The summed E-state index contributed by atoms with van der Waals surface area (Å²) in [7, 11) is 1.91.